The molecular formula is C33H33N3O7S2. The normalized spacial score (nSPS) is 28.5. The summed E-state index contributed by atoms with van der Waals surface area (Å²) in [4.78, 5) is 70.2. The van der Waals surface area contributed by atoms with Gasteiger partial charge in [-0.3, -0.25) is 24.1 Å². The summed E-state index contributed by atoms with van der Waals surface area (Å²) in [6, 6.07) is 13.8. The Balaban J connectivity index is 1.22. The van der Waals surface area contributed by atoms with Crippen LogP contribution in [0.5, 0.6) is 5.75 Å². The zero-order valence-electron chi connectivity index (χ0n) is 24.9. The second kappa shape index (κ2) is 11.2. The van der Waals surface area contributed by atoms with Gasteiger partial charge in [-0.05, 0) is 54.7 Å². The molecular weight excluding hydrogens is 615 g/mol. The predicted molar refractivity (Wildman–Crippen MR) is 168 cm³/mol. The van der Waals surface area contributed by atoms with Crippen LogP contribution in [0.1, 0.15) is 42.2 Å². The lowest BCUT2D eigenvalue weighted by molar-refractivity contribution is -0.157. The first kappa shape index (κ1) is 29.8. The summed E-state index contributed by atoms with van der Waals surface area (Å²) < 4.78 is 6.14. The summed E-state index contributed by atoms with van der Waals surface area (Å²) >= 11 is 2.70. The topological polar surface area (TPSA) is 146 Å². The van der Waals surface area contributed by atoms with Gasteiger partial charge < -0.3 is 20.1 Å². The third-order valence-corrected chi connectivity index (χ3v) is 12.5. The van der Waals surface area contributed by atoms with Crippen molar-refractivity contribution < 1.29 is 29.0 Å². The molecule has 7 rings (SSSR count). The molecule has 7 unspecified atom stereocenters. The number of aryl methyl sites for hydroxylation is 1. The van der Waals surface area contributed by atoms with Gasteiger partial charge in [0.05, 0.1) is 16.9 Å². The molecule has 234 valence electrons. The first-order valence-corrected chi connectivity index (χ1v) is 16.8. The molecule has 2 aromatic carbocycles. The van der Waals surface area contributed by atoms with Crippen LogP contribution in [0.2, 0.25) is 0 Å². The standard InChI is InChI=1S/C33H33N3O7S2/c1-14(2)26(32(40)41)36-30(38)24-17-12-18(25(24)31(36)39)27-23(17)22(28-29(44-27)35-33(42)45-28)16-9-5-7-11-20(16)43-13-21(37)34-19-10-6-4-8-15(19)3/h4-11,14,17-18,22-27H,12-13H2,1-3H3,(H,34,37)(H,35,42)(H,40,41)/t17?,18?,22-,23?,24?,25?,26?,27?/m1/s1. The van der Waals surface area contributed by atoms with E-state index < -0.39 is 35.7 Å². The minimum absolute atomic E-state index is 0.0598. The molecule has 1 saturated heterocycles. The van der Waals surface area contributed by atoms with Gasteiger partial charge in [0.1, 0.15) is 11.8 Å². The number of H-pyrrole nitrogens is 1. The number of imide groups is 1. The van der Waals surface area contributed by atoms with E-state index in [4.69, 9.17) is 4.74 Å². The van der Waals surface area contributed by atoms with Crippen molar-refractivity contribution in [2.75, 3.05) is 11.9 Å². The molecule has 0 spiro atoms. The van der Waals surface area contributed by atoms with E-state index in [9.17, 15) is 29.1 Å². The number of carboxylic acids is 1. The largest absolute Gasteiger partial charge is 0.483 e. The number of aliphatic carboxylic acids is 1. The van der Waals surface area contributed by atoms with E-state index in [0.717, 1.165) is 37.3 Å². The molecule has 3 aromatic rings. The number of thioether (sulfide) groups is 1. The summed E-state index contributed by atoms with van der Waals surface area (Å²) in [6.45, 7) is 5.11. The number of carboxylic acid groups (broad SMARTS) is 1. The van der Waals surface area contributed by atoms with Crippen molar-refractivity contribution in [2.24, 2.45) is 35.5 Å². The monoisotopic (exact) mass is 647 g/mol. The summed E-state index contributed by atoms with van der Waals surface area (Å²) in [7, 11) is 0. The van der Waals surface area contributed by atoms with E-state index in [1.54, 1.807) is 25.6 Å². The molecule has 8 atom stereocenters. The summed E-state index contributed by atoms with van der Waals surface area (Å²) in [5.41, 5.74) is 2.46. The molecule has 3 fully saturated rings. The Morgan fingerprint density at radius 1 is 1.04 bits per heavy atom. The number of carbonyl (C=O) groups is 4. The SMILES string of the molecule is Cc1ccccc1NC(=O)COc1ccccc1[C@H]1c2sc(=O)[nH]c2SC2C3CC(C4C(=O)N(C(C(=O)O)C(C)C)C(=O)C34)C21. The van der Waals surface area contributed by atoms with Crippen molar-refractivity contribution in [3.8, 4) is 5.75 Å². The number of anilines is 1. The Kier molecular flexibility index (Phi) is 7.39. The quantitative estimate of drug-likeness (QED) is 0.306. The predicted octanol–water partition coefficient (Wildman–Crippen LogP) is 4.34. The van der Waals surface area contributed by atoms with Gasteiger partial charge in [-0.1, -0.05) is 61.6 Å². The third kappa shape index (κ3) is 4.72. The van der Waals surface area contributed by atoms with Gasteiger partial charge in [0.25, 0.3) is 5.91 Å². The van der Waals surface area contributed by atoms with Crippen LogP contribution < -0.4 is 14.9 Å². The number of nitrogens with one attached hydrogen (secondary N) is 2. The van der Waals surface area contributed by atoms with Crippen molar-refractivity contribution in [3.05, 3.63) is 74.2 Å². The highest BCUT2D eigenvalue weighted by Gasteiger charge is 2.70. The molecule has 3 heterocycles. The molecule has 2 bridgehead atoms. The Labute approximate surface area is 267 Å². The minimum atomic E-state index is -1.21. The van der Waals surface area contributed by atoms with Crippen molar-refractivity contribution in [3.63, 3.8) is 0 Å². The van der Waals surface area contributed by atoms with E-state index in [0.29, 0.717) is 17.9 Å². The van der Waals surface area contributed by atoms with Crippen molar-refractivity contribution in [1.29, 1.82) is 0 Å². The number of benzene rings is 2. The number of fused-ring (bicyclic) bond motifs is 9. The molecule has 2 aliphatic heterocycles. The van der Waals surface area contributed by atoms with E-state index in [1.165, 1.54) is 0 Å². The molecule has 1 aromatic heterocycles. The molecule has 45 heavy (non-hydrogen) atoms. The highest BCUT2D eigenvalue weighted by molar-refractivity contribution is 8.00. The van der Waals surface area contributed by atoms with Crippen molar-refractivity contribution in [2.45, 2.75) is 49.4 Å². The number of likely N-dealkylation sites (tertiary alicyclic amines) is 1. The number of para-hydroxylation sites is 2. The van der Waals surface area contributed by atoms with Crippen LogP contribution in [-0.2, 0) is 19.2 Å². The van der Waals surface area contributed by atoms with Crippen LogP contribution in [-0.4, -0.2) is 56.6 Å². The lowest BCUT2D eigenvalue weighted by atomic mass is 9.68. The average Bonchev–Trinajstić information content (AvgIpc) is 3.73. The Hall–Kier alpha value is -3.90. The van der Waals surface area contributed by atoms with E-state index in [2.05, 4.69) is 10.3 Å². The second-order valence-electron chi connectivity index (χ2n) is 12.7. The molecule has 10 nitrogen and oxygen atoms in total. The molecule has 0 radical (unpaired) electrons. The number of thiazole rings is 1. The van der Waals surface area contributed by atoms with Gasteiger partial charge >= 0.3 is 10.8 Å². The molecule has 4 aliphatic rings. The lowest BCUT2D eigenvalue weighted by Gasteiger charge is -2.43. The highest BCUT2D eigenvalue weighted by Crippen LogP contribution is 2.69. The number of nitrogens with zero attached hydrogens (tertiary/aromatic N) is 1. The maximum Gasteiger partial charge on any atom is 0.327 e. The Morgan fingerprint density at radius 3 is 2.44 bits per heavy atom. The number of hydrogen-bond acceptors (Lipinski definition) is 8. The summed E-state index contributed by atoms with van der Waals surface area (Å²) in [6.07, 6.45) is 0.680. The van der Waals surface area contributed by atoms with E-state index >= 15 is 0 Å². The zero-order chi connectivity index (χ0) is 31.7. The van der Waals surface area contributed by atoms with Crippen LogP contribution >= 0.6 is 23.1 Å². The van der Waals surface area contributed by atoms with E-state index in [1.807, 2.05) is 55.5 Å². The maximum atomic E-state index is 13.9. The van der Waals surface area contributed by atoms with Gasteiger partial charge in [0.15, 0.2) is 6.61 Å². The van der Waals surface area contributed by atoms with Gasteiger partial charge in [0, 0.05) is 27.3 Å². The Morgan fingerprint density at radius 2 is 1.73 bits per heavy atom. The fraction of sp³-hybridized carbons (Fsp3) is 0.424. The summed E-state index contributed by atoms with van der Waals surface area (Å²) in [5, 5.41) is 13.5. The number of carbonyl (C=O) groups excluding carboxylic acids is 3. The molecule has 2 aliphatic carbocycles. The smallest absolute Gasteiger partial charge is 0.327 e. The number of aromatic amines is 1. The Bertz CT molecular complexity index is 1780. The van der Waals surface area contributed by atoms with Crippen LogP contribution in [0.15, 0.2) is 58.4 Å². The lowest BCUT2D eigenvalue weighted by Crippen LogP contribution is -2.49. The highest BCUT2D eigenvalue weighted by atomic mass is 32.2. The molecule has 3 amide bonds. The van der Waals surface area contributed by atoms with Gasteiger partial charge in [-0.2, -0.15) is 0 Å². The molecule has 2 saturated carbocycles. The van der Waals surface area contributed by atoms with Crippen LogP contribution in [0.25, 0.3) is 0 Å². The zero-order valence-corrected chi connectivity index (χ0v) is 26.5. The average molecular weight is 648 g/mol. The molecule has 3 N–H and O–H groups in total. The third-order valence-electron chi connectivity index (χ3n) is 9.95. The minimum Gasteiger partial charge on any atom is -0.483 e. The first-order valence-electron chi connectivity index (χ1n) is 15.1. The van der Waals surface area contributed by atoms with Crippen molar-refractivity contribution in [1.82, 2.24) is 9.88 Å². The maximum absolute atomic E-state index is 13.9. The second-order valence-corrected chi connectivity index (χ2v) is 14.9. The van der Waals surface area contributed by atoms with Gasteiger partial charge in [-0.25, -0.2) is 4.79 Å². The van der Waals surface area contributed by atoms with Crippen molar-refractivity contribution >= 4 is 52.5 Å². The number of hydrogen-bond donors (Lipinski definition) is 3. The van der Waals surface area contributed by atoms with Crippen LogP contribution in [0, 0.1) is 42.4 Å². The fourth-order valence-electron chi connectivity index (χ4n) is 8.27. The van der Waals surface area contributed by atoms with Gasteiger partial charge in [0.2, 0.25) is 11.8 Å². The van der Waals surface area contributed by atoms with E-state index in [-0.39, 0.29) is 52.2 Å². The van der Waals surface area contributed by atoms with Gasteiger partial charge in [-0.15, -0.1) is 11.8 Å². The summed E-state index contributed by atoms with van der Waals surface area (Å²) in [5.74, 6) is -4.06. The number of rotatable bonds is 8. The van der Waals surface area contributed by atoms with Crippen LogP contribution in [0.3, 0.4) is 0 Å². The van der Waals surface area contributed by atoms with Crippen LogP contribution in [0.4, 0.5) is 5.69 Å². The number of amides is 3. The fourth-order valence-corrected chi connectivity index (χ4v) is 11.1. The first-order chi connectivity index (χ1) is 21.6. The number of aromatic nitrogens is 1. The molecule has 12 heteroatoms. The number of ether oxygens (including phenoxy) is 1.